The molecule has 2 heterocycles. The number of aliphatic imine (C=N–C) groups is 1. The highest BCUT2D eigenvalue weighted by Gasteiger charge is 2.46. The van der Waals surface area contributed by atoms with E-state index >= 15 is 0 Å². The van der Waals surface area contributed by atoms with Crippen LogP contribution in [0, 0.1) is 5.82 Å². The van der Waals surface area contributed by atoms with Crippen molar-refractivity contribution < 1.29 is 22.7 Å². The number of amides is 1. The zero-order valence-electron chi connectivity index (χ0n) is 15.5. The molecular weight excluding hydrogens is 421 g/mol. The summed E-state index contributed by atoms with van der Waals surface area (Å²) in [4.78, 5) is 20.7. The van der Waals surface area contributed by atoms with Crippen molar-refractivity contribution in [2.75, 3.05) is 18.5 Å². The molecule has 30 heavy (non-hydrogen) atoms. The summed E-state index contributed by atoms with van der Waals surface area (Å²) in [5.41, 5.74) is 4.49. The number of ether oxygens (including phenoxy) is 1. The van der Waals surface area contributed by atoms with Crippen molar-refractivity contribution >= 4 is 34.1 Å². The van der Waals surface area contributed by atoms with E-state index in [2.05, 4.69) is 15.3 Å². The van der Waals surface area contributed by atoms with Gasteiger partial charge in [0.1, 0.15) is 24.0 Å². The first-order valence-corrected chi connectivity index (χ1v) is 9.35. The highest BCUT2D eigenvalue weighted by atomic mass is 35.5. The third-order valence-corrected chi connectivity index (χ3v) is 5.26. The third-order valence-electron chi connectivity index (χ3n) is 4.91. The fraction of sp³-hybridized carbons (Fsp3) is 0.250. The topological polar surface area (TPSA) is 89.6 Å². The molecule has 3 N–H and O–H groups in total. The van der Waals surface area contributed by atoms with Gasteiger partial charge in [-0.15, -0.1) is 0 Å². The van der Waals surface area contributed by atoms with Crippen LogP contribution in [0.25, 0.3) is 5.03 Å². The van der Waals surface area contributed by atoms with Gasteiger partial charge in [-0.2, -0.15) is 0 Å². The number of hydrogen-bond acceptors (Lipinski definition) is 5. The van der Waals surface area contributed by atoms with E-state index in [9.17, 15) is 18.0 Å². The van der Waals surface area contributed by atoms with E-state index in [1.165, 1.54) is 12.1 Å². The van der Waals surface area contributed by atoms with E-state index in [-0.39, 0.29) is 23.8 Å². The first-order valence-electron chi connectivity index (χ1n) is 8.97. The number of benzene rings is 1. The Morgan fingerprint density at radius 3 is 2.83 bits per heavy atom. The van der Waals surface area contributed by atoms with Crippen LogP contribution in [0.1, 0.15) is 27.3 Å². The Labute approximate surface area is 174 Å². The molecule has 2 aromatic rings. The molecular formula is C20H16ClF3N4O2. The number of nitrogens with two attached hydrogens (primary N) is 1. The Kier molecular flexibility index (Phi) is 5.25. The normalized spacial score (nSPS) is 20.6. The maximum Gasteiger partial charge on any atom is 0.274 e. The van der Waals surface area contributed by atoms with Gasteiger partial charge >= 0.3 is 0 Å². The van der Waals surface area contributed by atoms with Gasteiger partial charge in [-0.1, -0.05) is 17.7 Å². The Morgan fingerprint density at radius 1 is 1.30 bits per heavy atom. The summed E-state index contributed by atoms with van der Waals surface area (Å²) in [6.07, 6.45) is -0.783. The second kappa shape index (κ2) is 7.73. The monoisotopic (exact) mass is 436 g/mol. The highest BCUT2D eigenvalue weighted by molar-refractivity contribution is 6.49. The van der Waals surface area contributed by atoms with Crippen LogP contribution in [0.4, 0.5) is 18.9 Å². The van der Waals surface area contributed by atoms with Crippen LogP contribution in [0.3, 0.4) is 0 Å². The number of hydrogen-bond donors (Lipinski definition) is 2. The highest BCUT2D eigenvalue weighted by Crippen LogP contribution is 2.38. The standard InChI is InChI=1S/C20H16ClF3N4O2/c21-13-3-6-15-11(13)2-5-16(27-15)18(29)26-10-1-4-14(22)12(7-10)20(19(23)24)9-30-8-17(25)28-20/h1-5,7,19H,6,8-9H2,(H2,25,28)(H,26,29)/t20-/m0/s1. The van der Waals surface area contributed by atoms with Crippen molar-refractivity contribution in [3.05, 3.63) is 64.7 Å². The molecule has 0 saturated heterocycles. The maximum atomic E-state index is 14.5. The minimum absolute atomic E-state index is 0.106. The number of aromatic nitrogens is 1. The van der Waals surface area contributed by atoms with Gasteiger partial charge in [-0.3, -0.25) is 9.79 Å². The number of amidine groups is 1. The Morgan fingerprint density at radius 2 is 2.10 bits per heavy atom. The van der Waals surface area contributed by atoms with Crippen LogP contribution in [0.2, 0.25) is 0 Å². The summed E-state index contributed by atoms with van der Waals surface area (Å²) in [6.45, 7) is -0.658. The molecule has 0 unspecified atom stereocenters. The van der Waals surface area contributed by atoms with Crippen molar-refractivity contribution in [1.82, 2.24) is 4.98 Å². The first kappa shape index (κ1) is 20.4. The molecule has 0 spiro atoms. The number of carbonyl (C=O) groups excluding carboxylic acids is 1. The number of fused-ring (bicyclic) bond motifs is 1. The number of alkyl halides is 2. The smallest absolute Gasteiger partial charge is 0.274 e. The van der Waals surface area contributed by atoms with Crippen LogP contribution in [-0.2, 0) is 16.7 Å². The molecule has 0 bridgehead atoms. The van der Waals surface area contributed by atoms with Gasteiger partial charge in [0.05, 0.1) is 12.3 Å². The minimum atomic E-state index is -3.08. The lowest BCUT2D eigenvalue weighted by Gasteiger charge is -2.33. The zero-order valence-corrected chi connectivity index (χ0v) is 16.2. The zero-order chi connectivity index (χ0) is 21.5. The van der Waals surface area contributed by atoms with E-state index in [1.54, 1.807) is 12.1 Å². The molecule has 0 fully saturated rings. The van der Waals surface area contributed by atoms with E-state index in [4.69, 9.17) is 22.1 Å². The van der Waals surface area contributed by atoms with Gasteiger partial charge in [0, 0.05) is 28.3 Å². The lowest BCUT2D eigenvalue weighted by molar-refractivity contribution is -0.0145. The summed E-state index contributed by atoms with van der Waals surface area (Å²) in [5, 5.41) is 3.12. The molecule has 0 radical (unpaired) electrons. The summed E-state index contributed by atoms with van der Waals surface area (Å²) in [6, 6.07) is 6.53. The van der Waals surface area contributed by atoms with Crippen LogP contribution < -0.4 is 11.1 Å². The van der Waals surface area contributed by atoms with E-state index < -0.39 is 35.9 Å². The Bertz CT molecular complexity index is 1090. The van der Waals surface area contributed by atoms with Gasteiger partial charge in [-0.05, 0) is 30.3 Å². The van der Waals surface area contributed by atoms with E-state index in [1.807, 2.05) is 0 Å². The van der Waals surface area contributed by atoms with Crippen molar-refractivity contribution in [3.63, 3.8) is 0 Å². The van der Waals surface area contributed by atoms with Gasteiger partial charge in [0.2, 0.25) is 0 Å². The van der Waals surface area contributed by atoms with Crippen LogP contribution in [0.15, 0.2) is 41.4 Å². The lowest BCUT2D eigenvalue weighted by atomic mass is 9.90. The summed E-state index contributed by atoms with van der Waals surface area (Å²) in [7, 11) is 0. The predicted molar refractivity (Wildman–Crippen MR) is 106 cm³/mol. The van der Waals surface area contributed by atoms with E-state index in [0.29, 0.717) is 17.1 Å². The van der Waals surface area contributed by atoms with Crippen molar-refractivity contribution in [2.24, 2.45) is 10.7 Å². The number of halogens is 4. The molecule has 6 nitrogen and oxygen atoms in total. The van der Waals surface area contributed by atoms with Gasteiger partial charge in [0.15, 0.2) is 5.54 Å². The van der Waals surface area contributed by atoms with Gasteiger partial charge in [0.25, 0.3) is 12.3 Å². The summed E-state index contributed by atoms with van der Waals surface area (Å²) < 4.78 is 47.4. The summed E-state index contributed by atoms with van der Waals surface area (Å²) in [5.74, 6) is -1.65. The Hall–Kier alpha value is -2.91. The molecule has 0 saturated carbocycles. The summed E-state index contributed by atoms with van der Waals surface area (Å²) >= 11 is 6.05. The molecule has 1 atom stereocenters. The maximum absolute atomic E-state index is 14.5. The fourth-order valence-corrected chi connectivity index (χ4v) is 3.68. The molecule has 4 rings (SSSR count). The number of anilines is 1. The molecule has 1 amide bonds. The SMILES string of the molecule is NC1=N[C@@](c2cc(NC(=O)c3ccc4c(n3)CC=C4Cl)ccc2F)(C(F)F)COC1. The third kappa shape index (κ3) is 3.54. The molecule has 1 aliphatic heterocycles. The average Bonchev–Trinajstić information content (AvgIpc) is 3.09. The first-order chi connectivity index (χ1) is 14.3. The fourth-order valence-electron chi connectivity index (χ4n) is 3.43. The van der Waals surface area contributed by atoms with Crippen molar-refractivity contribution in [3.8, 4) is 0 Å². The number of carbonyl (C=O) groups is 1. The second-order valence-electron chi connectivity index (χ2n) is 6.92. The number of nitrogens with one attached hydrogen (secondary N) is 1. The van der Waals surface area contributed by atoms with Crippen molar-refractivity contribution in [1.29, 1.82) is 0 Å². The molecule has 1 aliphatic carbocycles. The number of allylic oxidation sites excluding steroid dienone is 1. The average molecular weight is 437 g/mol. The van der Waals surface area contributed by atoms with Crippen LogP contribution >= 0.6 is 11.6 Å². The van der Waals surface area contributed by atoms with Crippen LogP contribution in [-0.4, -0.2) is 36.4 Å². The molecule has 10 heteroatoms. The molecule has 1 aromatic heterocycles. The minimum Gasteiger partial charge on any atom is -0.385 e. The lowest BCUT2D eigenvalue weighted by Crippen LogP contribution is -2.45. The van der Waals surface area contributed by atoms with Gasteiger partial charge < -0.3 is 15.8 Å². The second-order valence-corrected chi connectivity index (χ2v) is 7.32. The largest absolute Gasteiger partial charge is 0.385 e. The van der Waals surface area contributed by atoms with Gasteiger partial charge in [-0.25, -0.2) is 18.2 Å². The number of nitrogens with zero attached hydrogens (tertiary/aromatic N) is 2. The number of rotatable bonds is 4. The molecule has 156 valence electrons. The molecule has 2 aliphatic rings. The Balaban J connectivity index is 1.64. The number of pyridine rings is 1. The van der Waals surface area contributed by atoms with Crippen LogP contribution in [0.5, 0.6) is 0 Å². The van der Waals surface area contributed by atoms with E-state index in [0.717, 1.165) is 17.7 Å². The molecule has 1 aromatic carbocycles. The van der Waals surface area contributed by atoms with Crippen molar-refractivity contribution in [2.45, 2.75) is 18.4 Å². The predicted octanol–water partition coefficient (Wildman–Crippen LogP) is 3.46. The quantitative estimate of drug-likeness (QED) is 0.768.